The summed E-state index contributed by atoms with van der Waals surface area (Å²) in [6, 6.07) is 15.0. The van der Waals surface area contributed by atoms with Crippen LogP contribution in [0.15, 0.2) is 48.5 Å². The van der Waals surface area contributed by atoms with Gasteiger partial charge >= 0.3 is 18.2 Å². The monoisotopic (exact) mass is 560 g/mol. The minimum absolute atomic E-state index is 0.0990. The van der Waals surface area contributed by atoms with Crippen molar-refractivity contribution in [1.82, 2.24) is 10.6 Å². The van der Waals surface area contributed by atoms with E-state index in [9.17, 15) is 19.5 Å². The van der Waals surface area contributed by atoms with Crippen LogP contribution in [0.1, 0.15) is 57.1 Å². The lowest BCUT2D eigenvalue weighted by atomic mass is 9.98. The molecule has 0 heterocycles. The van der Waals surface area contributed by atoms with Gasteiger partial charge in [-0.15, -0.1) is 0 Å². The summed E-state index contributed by atoms with van der Waals surface area (Å²) in [4.78, 5) is 35.9. The summed E-state index contributed by atoms with van der Waals surface area (Å²) in [6.45, 7) is 7.18. The van der Waals surface area contributed by atoms with Gasteiger partial charge in [0.05, 0.1) is 0 Å². The molecule has 206 valence electrons. The van der Waals surface area contributed by atoms with Gasteiger partial charge in [-0.3, -0.25) is 0 Å². The number of ether oxygens (including phenoxy) is 2. The van der Waals surface area contributed by atoms with Gasteiger partial charge in [-0.25, -0.2) is 14.4 Å². The number of hydrogen-bond acceptors (Lipinski definition) is 7. The molecule has 0 spiro atoms. The SMILES string of the molecule is CC(C)(C)SSCCOC(=O)NCCCC[C@H](NC(=O)OCC1c2ccccc2-c2ccccc21)C(=O)O. The molecule has 10 heteroatoms. The highest BCUT2D eigenvalue weighted by molar-refractivity contribution is 8.77. The van der Waals surface area contributed by atoms with Crippen molar-refractivity contribution in [2.45, 2.75) is 56.7 Å². The van der Waals surface area contributed by atoms with Crippen molar-refractivity contribution in [3.8, 4) is 11.1 Å². The molecule has 3 N–H and O–H groups in total. The molecular weight excluding hydrogens is 524 g/mol. The number of carbonyl (C=O) groups is 3. The number of carboxylic acid groups (broad SMARTS) is 1. The van der Waals surface area contributed by atoms with Crippen LogP contribution in [0.2, 0.25) is 0 Å². The number of fused-ring (bicyclic) bond motifs is 3. The summed E-state index contributed by atoms with van der Waals surface area (Å²) >= 11 is 0. The van der Waals surface area contributed by atoms with Crippen LogP contribution in [0.3, 0.4) is 0 Å². The number of benzene rings is 2. The maximum atomic E-state index is 12.4. The number of nitrogens with one attached hydrogen (secondary N) is 2. The second-order valence-electron chi connectivity index (χ2n) is 9.94. The van der Waals surface area contributed by atoms with Gasteiger partial charge in [-0.1, -0.05) is 90.9 Å². The van der Waals surface area contributed by atoms with Gasteiger partial charge in [-0.2, -0.15) is 0 Å². The van der Waals surface area contributed by atoms with Gasteiger partial charge in [0.15, 0.2) is 0 Å². The van der Waals surface area contributed by atoms with E-state index in [0.717, 1.165) is 22.3 Å². The van der Waals surface area contributed by atoms with E-state index in [4.69, 9.17) is 9.47 Å². The third-order valence-corrected chi connectivity index (χ3v) is 9.14. The Morgan fingerprint density at radius 2 is 1.58 bits per heavy atom. The van der Waals surface area contributed by atoms with Crippen molar-refractivity contribution in [3.63, 3.8) is 0 Å². The van der Waals surface area contributed by atoms with E-state index in [2.05, 4.69) is 43.5 Å². The van der Waals surface area contributed by atoms with E-state index in [1.165, 1.54) is 0 Å². The lowest BCUT2D eigenvalue weighted by molar-refractivity contribution is -0.139. The molecule has 1 aliphatic rings. The maximum absolute atomic E-state index is 12.4. The number of amides is 2. The fourth-order valence-electron chi connectivity index (χ4n) is 4.14. The number of unbranched alkanes of at least 4 members (excludes halogenated alkanes) is 1. The number of carboxylic acids is 1. The first-order valence-electron chi connectivity index (χ1n) is 12.7. The van der Waals surface area contributed by atoms with E-state index in [1.807, 2.05) is 36.4 Å². The number of alkyl carbamates (subject to hydrolysis) is 2. The van der Waals surface area contributed by atoms with Crippen molar-refractivity contribution in [3.05, 3.63) is 59.7 Å². The van der Waals surface area contributed by atoms with Crippen molar-refractivity contribution >= 4 is 39.7 Å². The van der Waals surface area contributed by atoms with Crippen LogP contribution in [-0.2, 0) is 14.3 Å². The van der Waals surface area contributed by atoms with Gasteiger partial charge in [0.1, 0.15) is 19.3 Å². The zero-order valence-electron chi connectivity index (χ0n) is 22.0. The molecule has 0 saturated heterocycles. The first-order valence-corrected chi connectivity index (χ1v) is 15.0. The normalized spacial score (nSPS) is 13.2. The molecule has 0 unspecified atom stereocenters. The highest BCUT2D eigenvalue weighted by Crippen LogP contribution is 2.44. The average molecular weight is 561 g/mol. The highest BCUT2D eigenvalue weighted by atomic mass is 33.1. The molecular formula is C28H36N2O6S2. The summed E-state index contributed by atoms with van der Waals surface area (Å²) in [6.07, 6.45) is 0.0249. The highest BCUT2D eigenvalue weighted by Gasteiger charge is 2.29. The molecule has 0 radical (unpaired) electrons. The standard InChI is InChI=1S/C28H36N2O6S2/c1-28(2,3)38-37-17-16-35-26(33)29-15-9-8-14-24(25(31)32)30-27(34)36-18-23-21-12-6-4-10-19(21)20-11-5-7-13-22(20)23/h4-7,10-13,23-24H,8-9,14-18H2,1-3H3,(H,29,33)(H,30,34)(H,31,32)/t24-/m0/s1. The Hall–Kier alpha value is -2.85. The summed E-state index contributed by atoms with van der Waals surface area (Å²) in [7, 11) is 3.40. The van der Waals surface area contributed by atoms with Gasteiger partial charge < -0.3 is 25.2 Å². The molecule has 2 aromatic carbocycles. The Morgan fingerprint density at radius 1 is 0.947 bits per heavy atom. The second kappa shape index (κ2) is 14.3. The second-order valence-corrected chi connectivity index (χ2v) is 13.2. The van der Waals surface area contributed by atoms with Crippen LogP contribution in [-0.4, -0.2) is 59.6 Å². The number of rotatable bonds is 13. The van der Waals surface area contributed by atoms with E-state index in [-0.39, 0.29) is 23.7 Å². The topological polar surface area (TPSA) is 114 Å². The third kappa shape index (κ3) is 9.16. The van der Waals surface area contributed by atoms with Gasteiger partial charge in [0, 0.05) is 23.0 Å². The lowest BCUT2D eigenvalue weighted by Gasteiger charge is -2.17. The van der Waals surface area contributed by atoms with Gasteiger partial charge in [0.25, 0.3) is 0 Å². The molecule has 0 bridgehead atoms. The minimum Gasteiger partial charge on any atom is -0.480 e. The molecule has 0 saturated carbocycles. The minimum atomic E-state index is -1.13. The van der Waals surface area contributed by atoms with E-state index < -0.39 is 24.2 Å². The molecule has 0 aliphatic heterocycles. The molecule has 1 atom stereocenters. The predicted molar refractivity (Wildman–Crippen MR) is 153 cm³/mol. The molecule has 2 aromatic rings. The number of aliphatic carboxylic acids is 1. The van der Waals surface area contributed by atoms with Crippen molar-refractivity contribution in [1.29, 1.82) is 0 Å². The lowest BCUT2D eigenvalue weighted by Crippen LogP contribution is -2.41. The Balaban J connectivity index is 1.35. The molecule has 38 heavy (non-hydrogen) atoms. The van der Waals surface area contributed by atoms with E-state index in [1.54, 1.807) is 21.6 Å². The fraction of sp³-hybridized carbons (Fsp3) is 0.464. The fourth-order valence-corrected chi connectivity index (χ4v) is 6.24. The van der Waals surface area contributed by atoms with Crippen LogP contribution in [0, 0.1) is 0 Å². The van der Waals surface area contributed by atoms with Gasteiger partial charge in [-0.05, 0) is 41.5 Å². The van der Waals surface area contributed by atoms with Crippen LogP contribution in [0.4, 0.5) is 9.59 Å². The summed E-state index contributed by atoms with van der Waals surface area (Å²) in [5.74, 6) is -0.522. The Bertz CT molecular complexity index is 1060. The molecule has 2 amide bonds. The van der Waals surface area contributed by atoms with Crippen LogP contribution in [0.25, 0.3) is 11.1 Å². The smallest absolute Gasteiger partial charge is 0.407 e. The molecule has 3 rings (SSSR count). The van der Waals surface area contributed by atoms with Crippen LogP contribution >= 0.6 is 21.6 Å². The van der Waals surface area contributed by atoms with Crippen molar-refractivity contribution < 1.29 is 29.0 Å². The molecule has 0 aromatic heterocycles. The molecule has 8 nitrogen and oxygen atoms in total. The first kappa shape index (κ1) is 29.7. The molecule has 0 fully saturated rings. The largest absolute Gasteiger partial charge is 0.480 e. The first-order chi connectivity index (χ1) is 18.2. The zero-order chi connectivity index (χ0) is 27.5. The average Bonchev–Trinajstić information content (AvgIpc) is 3.19. The van der Waals surface area contributed by atoms with Gasteiger partial charge in [0.2, 0.25) is 0 Å². The van der Waals surface area contributed by atoms with Crippen LogP contribution in [0.5, 0.6) is 0 Å². The Kier molecular flexibility index (Phi) is 11.2. The predicted octanol–water partition coefficient (Wildman–Crippen LogP) is 6.05. The van der Waals surface area contributed by atoms with E-state index in [0.29, 0.717) is 31.7 Å². The summed E-state index contributed by atoms with van der Waals surface area (Å²) < 4.78 is 10.8. The third-order valence-electron chi connectivity index (χ3n) is 5.83. The van der Waals surface area contributed by atoms with Crippen molar-refractivity contribution in [2.24, 2.45) is 0 Å². The van der Waals surface area contributed by atoms with Crippen LogP contribution < -0.4 is 10.6 Å². The number of hydrogen-bond donors (Lipinski definition) is 3. The zero-order valence-corrected chi connectivity index (χ0v) is 23.7. The maximum Gasteiger partial charge on any atom is 0.407 e. The summed E-state index contributed by atoms with van der Waals surface area (Å²) in [5.41, 5.74) is 4.42. The Labute approximate surface area is 232 Å². The van der Waals surface area contributed by atoms with Crippen molar-refractivity contribution in [2.75, 3.05) is 25.5 Å². The summed E-state index contributed by atoms with van der Waals surface area (Å²) in [5, 5.41) is 14.7. The number of carbonyl (C=O) groups excluding carboxylic acids is 2. The molecule has 1 aliphatic carbocycles. The Morgan fingerprint density at radius 3 is 2.18 bits per heavy atom. The quantitative estimate of drug-likeness (QED) is 0.200. The van der Waals surface area contributed by atoms with E-state index >= 15 is 0 Å².